The zero-order valence-electron chi connectivity index (χ0n) is 10.8. The van der Waals surface area contributed by atoms with E-state index in [1.165, 1.54) is 0 Å². The number of hydrogen-bond donors (Lipinski definition) is 3. The van der Waals surface area contributed by atoms with Gasteiger partial charge in [-0.1, -0.05) is 11.6 Å². The highest BCUT2D eigenvalue weighted by molar-refractivity contribution is 6.34. The van der Waals surface area contributed by atoms with E-state index in [-0.39, 0.29) is 18.2 Å². The molecule has 1 heterocycles. The molecule has 102 valence electrons. The van der Waals surface area contributed by atoms with Crippen LogP contribution in [-0.4, -0.2) is 17.4 Å². The molecule has 4 N–H and O–H groups in total. The maximum Gasteiger partial charge on any atom is 0.228 e. The van der Waals surface area contributed by atoms with Crippen molar-refractivity contribution in [2.45, 2.75) is 32.2 Å². The fourth-order valence-electron chi connectivity index (χ4n) is 1.95. The largest absolute Gasteiger partial charge is 0.325 e. The van der Waals surface area contributed by atoms with Crippen molar-refractivity contribution in [1.29, 1.82) is 0 Å². The maximum absolute atomic E-state index is 11.8. The van der Waals surface area contributed by atoms with Crippen molar-refractivity contribution in [1.82, 2.24) is 0 Å². The second-order valence-corrected chi connectivity index (χ2v) is 5.83. The average Bonchev–Trinajstić information content (AvgIpc) is 2.55. The fourth-order valence-corrected chi connectivity index (χ4v) is 2.16. The minimum atomic E-state index is -0.579. The molecule has 1 aromatic rings. The maximum atomic E-state index is 11.8. The Morgan fingerprint density at radius 2 is 2.21 bits per heavy atom. The Bertz CT molecular complexity index is 550. The second kappa shape index (κ2) is 4.83. The summed E-state index contributed by atoms with van der Waals surface area (Å²) in [7, 11) is 0. The standard InChI is InChI=1S/C13H16ClN3O2/c1-13(2,15)6-12(19)17-10-3-7-4-11(18)16-9(7)5-8(10)14/h3,5H,4,6,15H2,1-2H3,(H,16,18)(H,17,19). The highest BCUT2D eigenvalue weighted by Crippen LogP contribution is 2.33. The van der Waals surface area contributed by atoms with Gasteiger partial charge in [0.1, 0.15) is 0 Å². The second-order valence-electron chi connectivity index (χ2n) is 5.43. The van der Waals surface area contributed by atoms with Crippen LogP contribution in [0.4, 0.5) is 11.4 Å². The summed E-state index contributed by atoms with van der Waals surface area (Å²) in [6, 6.07) is 3.36. The number of anilines is 2. The normalized spacial score (nSPS) is 14.0. The average molecular weight is 282 g/mol. The molecule has 0 fully saturated rings. The Kier molecular flexibility index (Phi) is 3.52. The van der Waals surface area contributed by atoms with Gasteiger partial charge in [-0.2, -0.15) is 0 Å². The molecule has 0 radical (unpaired) electrons. The van der Waals surface area contributed by atoms with Crippen LogP contribution in [0.15, 0.2) is 12.1 Å². The van der Waals surface area contributed by atoms with Gasteiger partial charge in [0.15, 0.2) is 0 Å². The van der Waals surface area contributed by atoms with Crippen LogP contribution in [0.1, 0.15) is 25.8 Å². The summed E-state index contributed by atoms with van der Waals surface area (Å²) < 4.78 is 0. The number of carbonyl (C=O) groups excluding carboxylic acids is 2. The number of halogens is 1. The Labute approximate surface area is 116 Å². The molecule has 2 amide bonds. The van der Waals surface area contributed by atoms with Crippen molar-refractivity contribution in [3.8, 4) is 0 Å². The monoisotopic (exact) mass is 281 g/mol. The molecule has 2 rings (SSSR count). The molecular formula is C13H16ClN3O2. The predicted octanol–water partition coefficient (Wildman–Crippen LogP) is 1.90. The Morgan fingerprint density at radius 1 is 1.53 bits per heavy atom. The van der Waals surface area contributed by atoms with E-state index in [1.54, 1.807) is 26.0 Å². The van der Waals surface area contributed by atoms with Gasteiger partial charge in [0, 0.05) is 17.6 Å². The molecule has 1 aliphatic rings. The van der Waals surface area contributed by atoms with Crippen LogP contribution in [0.2, 0.25) is 5.02 Å². The van der Waals surface area contributed by atoms with E-state index >= 15 is 0 Å². The summed E-state index contributed by atoms with van der Waals surface area (Å²) >= 11 is 6.07. The predicted molar refractivity (Wildman–Crippen MR) is 75.3 cm³/mol. The highest BCUT2D eigenvalue weighted by Gasteiger charge is 2.21. The minimum absolute atomic E-state index is 0.0716. The summed E-state index contributed by atoms with van der Waals surface area (Å²) in [5, 5.41) is 5.81. The van der Waals surface area contributed by atoms with E-state index in [0.717, 1.165) is 5.56 Å². The molecule has 6 heteroatoms. The topological polar surface area (TPSA) is 84.2 Å². The first-order valence-corrected chi connectivity index (χ1v) is 6.33. The molecule has 0 saturated heterocycles. The van der Waals surface area contributed by atoms with Gasteiger partial charge in [-0.05, 0) is 31.5 Å². The van der Waals surface area contributed by atoms with Crippen molar-refractivity contribution >= 4 is 34.8 Å². The first kappa shape index (κ1) is 13.8. The van der Waals surface area contributed by atoms with Crippen LogP contribution in [-0.2, 0) is 16.0 Å². The van der Waals surface area contributed by atoms with Crippen molar-refractivity contribution < 1.29 is 9.59 Å². The van der Waals surface area contributed by atoms with E-state index in [0.29, 0.717) is 22.8 Å². The zero-order valence-corrected chi connectivity index (χ0v) is 11.6. The third-order valence-electron chi connectivity index (χ3n) is 2.71. The van der Waals surface area contributed by atoms with Crippen molar-refractivity contribution in [2.24, 2.45) is 5.73 Å². The van der Waals surface area contributed by atoms with Gasteiger partial charge in [0.25, 0.3) is 0 Å². The summed E-state index contributed by atoms with van der Waals surface area (Å²) in [6.07, 6.45) is 0.495. The third kappa shape index (κ3) is 3.45. The molecule has 1 aliphatic heterocycles. The van der Waals surface area contributed by atoms with Crippen LogP contribution in [0.5, 0.6) is 0 Å². The summed E-state index contributed by atoms with van der Waals surface area (Å²) in [5.41, 5.74) is 7.25. The number of carbonyl (C=O) groups is 2. The molecule has 19 heavy (non-hydrogen) atoms. The van der Waals surface area contributed by atoms with E-state index < -0.39 is 5.54 Å². The van der Waals surface area contributed by atoms with Gasteiger partial charge >= 0.3 is 0 Å². The molecule has 0 unspecified atom stereocenters. The minimum Gasteiger partial charge on any atom is -0.325 e. The summed E-state index contributed by atoms with van der Waals surface area (Å²) in [4.78, 5) is 23.1. The van der Waals surface area contributed by atoms with Gasteiger partial charge in [-0.15, -0.1) is 0 Å². The summed E-state index contributed by atoms with van der Waals surface area (Å²) in [5.74, 6) is -0.274. The first-order chi connectivity index (χ1) is 8.74. The highest BCUT2D eigenvalue weighted by atomic mass is 35.5. The lowest BCUT2D eigenvalue weighted by Gasteiger charge is -2.18. The van der Waals surface area contributed by atoms with Crippen molar-refractivity contribution in [3.63, 3.8) is 0 Å². The van der Waals surface area contributed by atoms with Crippen LogP contribution in [0.25, 0.3) is 0 Å². The number of benzene rings is 1. The number of fused-ring (bicyclic) bond motifs is 1. The zero-order chi connectivity index (χ0) is 14.2. The Morgan fingerprint density at radius 3 is 2.84 bits per heavy atom. The van der Waals surface area contributed by atoms with Crippen LogP contribution in [0, 0.1) is 0 Å². The lowest BCUT2D eigenvalue weighted by atomic mass is 10.0. The van der Waals surface area contributed by atoms with Gasteiger partial charge in [0.05, 0.1) is 17.1 Å². The molecule has 1 aromatic carbocycles. The lowest BCUT2D eigenvalue weighted by Crippen LogP contribution is -2.36. The lowest BCUT2D eigenvalue weighted by molar-refractivity contribution is -0.117. The molecule has 0 atom stereocenters. The Balaban J connectivity index is 2.16. The SMILES string of the molecule is CC(C)(N)CC(=O)Nc1cc2c(cc1Cl)NC(=O)C2. The van der Waals surface area contributed by atoms with Crippen LogP contribution < -0.4 is 16.4 Å². The molecule has 0 spiro atoms. The quantitative estimate of drug-likeness (QED) is 0.791. The van der Waals surface area contributed by atoms with E-state index in [4.69, 9.17) is 17.3 Å². The Hall–Kier alpha value is -1.59. The fraction of sp³-hybridized carbons (Fsp3) is 0.385. The van der Waals surface area contributed by atoms with Gasteiger partial charge in [-0.3, -0.25) is 9.59 Å². The molecular weight excluding hydrogens is 266 g/mol. The molecule has 5 nitrogen and oxygen atoms in total. The van der Waals surface area contributed by atoms with Crippen LogP contribution >= 0.6 is 11.6 Å². The van der Waals surface area contributed by atoms with E-state index in [1.807, 2.05) is 0 Å². The van der Waals surface area contributed by atoms with Crippen molar-refractivity contribution in [3.05, 3.63) is 22.7 Å². The molecule has 0 saturated carbocycles. The van der Waals surface area contributed by atoms with Crippen LogP contribution in [0.3, 0.4) is 0 Å². The number of nitrogens with two attached hydrogens (primary N) is 1. The molecule has 0 aliphatic carbocycles. The first-order valence-electron chi connectivity index (χ1n) is 5.95. The molecule has 0 aromatic heterocycles. The van der Waals surface area contributed by atoms with Gasteiger partial charge in [0.2, 0.25) is 11.8 Å². The van der Waals surface area contributed by atoms with E-state index in [9.17, 15) is 9.59 Å². The van der Waals surface area contributed by atoms with Gasteiger partial charge < -0.3 is 16.4 Å². The van der Waals surface area contributed by atoms with E-state index in [2.05, 4.69) is 10.6 Å². The molecule has 0 bridgehead atoms. The third-order valence-corrected chi connectivity index (χ3v) is 3.02. The summed E-state index contributed by atoms with van der Waals surface area (Å²) in [6.45, 7) is 3.55. The van der Waals surface area contributed by atoms with Crippen molar-refractivity contribution in [2.75, 3.05) is 10.6 Å². The number of hydrogen-bond acceptors (Lipinski definition) is 3. The smallest absolute Gasteiger partial charge is 0.228 e. The number of nitrogens with one attached hydrogen (secondary N) is 2. The van der Waals surface area contributed by atoms with Gasteiger partial charge in [-0.25, -0.2) is 0 Å². The number of amides is 2. The number of rotatable bonds is 3.